The zero-order chi connectivity index (χ0) is 22.3. The van der Waals surface area contributed by atoms with E-state index < -0.39 is 9.84 Å². The van der Waals surface area contributed by atoms with Gasteiger partial charge in [0.2, 0.25) is 0 Å². The van der Waals surface area contributed by atoms with Gasteiger partial charge in [0.1, 0.15) is 0 Å². The van der Waals surface area contributed by atoms with Crippen molar-refractivity contribution in [2.75, 3.05) is 20.4 Å². The minimum absolute atomic E-state index is 0. The molecule has 2 aromatic carbocycles. The number of nitrogens with zero attached hydrogens (tertiary/aromatic N) is 2. The quantitative estimate of drug-likeness (QED) is 0.294. The van der Waals surface area contributed by atoms with Gasteiger partial charge in [-0.3, -0.25) is 9.89 Å². The van der Waals surface area contributed by atoms with Crippen LogP contribution in [0.4, 0.5) is 0 Å². The minimum atomic E-state index is -3.20. The molecule has 0 heterocycles. The zero-order valence-electron chi connectivity index (χ0n) is 19.3. The van der Waals surface area contributed by atoms with Crippen molar-refractivity contribution in [3.05, 3.63) is 64.7 Å². The van der Waals surface area contributed by atoms with Gasteiger partial charge in [-0.1, -0.05) is 36.4 Å². The lowest BCUT2D eigenvalue weighted by atomic mass is 10.1. The molecule has 0 atom stereocenters. The number of sulfone groups is 1. The molecular weight excluding hydrogens is 523 g/mol. The number of halogens is 1. The molecule has 0 aliphatic heterocycles. The molecule has 0 aliphatic carbocycles. The first-order valence-electron chi connectivity index (χ1n) is 10.1. The standard InChI is InChI=1S/C23H34N4O2S.HI/c1-17(2)27(5)16-21-10-8-7-9-20(21)15-26-23(24-4)25-14-19-11-12-22(18(3)13-19)30(6,28)29;/h7-13,17H,14-16H2,1-6H3,(H2,24,25,26);1H. The van der Waals surface area contributed by atoms with Crippen molar-refractivity contribution < 1.29 is 8.42 Å². The number of hydrogen-bond acceptors (Lipinski definition) is 4. The molecule has 2 N–H and O–H groups in total. The molecule has 0 fully saturated rings. The number of hydrogen-bond donors (Lipinski definition) is 2. The van der Waals surface area contributed by atoms with Gasteiger partial charge in [-0.05, 0) is 56.1 Å². The summed E-state index contributed by atoms with van der Waals surface area (Å²) < 4.78 is 23.6. The van der Waals surface area contributed by atoms with Gasteiger partial charge in [-0.2, -0.15) is 0 Å². The molecule has 0 spiro atoms. The summed E-state index contributed by atoms with van der Waals surface area (Å²) in [6.45, 7) is 8.33. The van der Waals surface area contributed by atoms with Crippen molar-refractivity contribution in [1.82, 2.24) is 15.5 Å². The summed E-state index contributed by atoms with van der Waals surface area (Å²) in [6.07, 6.45) is 1.23. The van der Waals surface area contributed by atoms with E-state index in [0.29, 0.717) is 30.0 Å². The molecule has 0 aliphatic rings. The summed E-state index contributed by atoms with van der Waals surface area (Å²) in [6, 6.07) is 14.3. The van der Waals surface area contributed by atoms with Crippen LogP contribution in [0.1, 0.15) is 36.1 Å². The lowest BCUT2D eigenvalue weighted by Crippen LogP contribution is -2.36. The normalized spacial score (nSPS) is 12.1. The first-order chi connectivity index (χ1) is 14.1. The Morgan fingerprint density at radius 1 is 1.06 bits per heavy atom. The van der Waals surface area contributed by atoms with Gasteiger partial charge >= 0.3 is 0 Å². The van der Waals surface area contributed by atoms with Crippen molar-refractivity contribution in [2.24, 2.45) is 4.99 Å². The molecule has 6 nitrogen and oxygen atoms in total. The molecular formula is C23H35IN4O2S. The van der Waals surface area contributed by atoms with Crippen molar-refractivity contribution >= 4 is 39.8 Å². The van der Waals surface area contributed by atoms with Crippen LogP contribution in [0.2, 0.25) is 0 Å². The Bertz CT molecular complexity index is 991. The predicted molar refractivity (Wildman–Crippen MR) is 140 cm³/mol. The average Bonchev–Trinajstić information content (AvgIpc) is 2.68. The second-order valence-corrected chi connectivity index (χ2v) is 9.91. The number of guanidine groups is 1. The fourth-order valence-electron chi connectivity index (χ4n) is 3.16. The van der Waals surface area contributed by atoms with Gasteiger partial charge in [0.25, 0.3) is 0 Å². The van der Waals surface area contributed by atoms with Gasteiger partial charge < -0.3 is 10.6 Å². The highest BCUT2D eigenvalue weighted by molar-refractivity contribution is 14.0. The number of aryl methyl sites for hydroxylation is 1. The van der Waals surface area contributed by atoms with Gasteiger partial charge in [0, 0.05) is 39.0 Å². The maximum atomic E-state index is 11.8. The van der Waals surface area contributed by atoms with Crippen molar-refractivity contribution in [3.63, 3.8) is 0 Å². The highest BCUT2D eigenvalue weighted by atomic mass is 127. The van der Waals surface area contributed by atoms with E-state index in [9.17, 15) is 8.42 Å². The van der Waals surface area contributed by atoms with Crippen LogP contribution in [0.5, 0.6) is 0 Å². The molecule has 0 saturated heterocycles. The lowest BCUT2D eigenvalue weighted by molar-refractivity contribution is 0.265. The number of rotatable bonds is 8. The maximum Gasteiger partial charge on any atom is 0.191 e. The number of nitrogens with one attached hydrogen (secondary N) is 2. The number of aliphatic imine (C=N–C) groups is 1. The third kappa shape index (κ3) is 8.42. The van der Waals surface area contributed by atoms with E-state index in [-0.39, 0.29) is 24.0 Å². The van der Waals surface area contributed by atoms with Crippen LogP contribution in [0.15, 0.2) is 52.4 Å². The van der Waals surface area contributed by atoms with Crippen molar-refractivity contribution in [3.8, 4) is 0 Å². The van der Waals surface area contributed by atoms with E-state index in [0.717, 1.165) is 17.7 Å². The van der Waals surface area contributed by atoms with Crippen LogP contribution in [0.25, 0.3) is 0 Å². The Labute approximate surface area is 204 Å². The monoisotopic (exact) mass is 558 g/mol. The molecule has 0 saturated carbocycles. The summed E-state index contributed by atoms with van der Waals surface area (Å²) in [5.41, 5.74) is 4.29. The molecule has 8 heteroatoms. The minimum Gasteiger partial charge on any atom is -0.352 e. The SMILES string of the molecule is CN=C(NCc1ccc(S(C)(=O)=O)c(C)c1)NCc1ccccc1CN(C)C(C)C.I. The van der Waals surface area contributed by atoms with E-state index in [2.05, 4.69) is 65.7 Å². The Balaban J connectivity index is 0.00000480. The first kappa shape index (κ1) is 27.4. The molecule has 2 aromatic rings. The summed E-state index contributed by atoms with van der Waals surface area (Å²) in [4.78, 5) is 6.99. The highest BCUT2D eigenvalue weighted by Gasteiger charge is 2.11. The topological polar surface area (TPSA) is 73.8 Å². The van der Waals surface area contributed by atoms with Crippen molar-refractivity contribution in [2.45, 2.75) is 51.3 Å². The fourth-order valence-corrected chi connectivity index (χ4v) is 4.12. The lowest BCUT2D eigenvalue weighted by Gasteiger charge is -2.23. The van der Waals surface area contributed by atoms with Crippen molar-refractivity contribution in [1.29, 1.82) is 0 Å². The fraction of sp³-hybridized carbons (Fsp3) is 0.435. The van der Waals surface area contributed by atoms with E-state index in [4.69, 9.17) is 0 Å². The van der Waals surface area contributed by atoms with Crippen LogP contribution in [0, 0.1) is 6.92 Å². The Kier molecular flexibility index (Phi) is 11.0. The molecule has 2 rings (SSSR count). The van der Waals surface area contributed by atoms with Crippen LogP contribution >= 0.6 is 24.0 Å². The number of benzene rings is 2. The van der Waals surface area contributed by atoms with Gasteiger partial charge in [0.05, 0.1) is 4.90 Å². The van der Waals surface area contributed by atoms with Crippen LogP contribution in [-0.4, -0.2) is 45.7 Å². The Hall–Kier alpha value is -1.65. The van der Waals surface area contributed by atoms with E-state index in [1.165, 1.54) is 17.4 Å². The highest BCUT2D eigenvalue weighted by Crippen LogP contribution is 2.16. The van der Waals surface area contributed by atoms with Crippen LogP contribution < -0.4 is 10.6 Å². The summed E-state index contributed by atoms with van der Waals surface area (Å²) in [5.74, 6) is 0.701. The molecule has 0 bridgehead atoms. The largest absolute Gasteiger partial charge is 0.352 e. The molecule has 0 amide bonds. The first-order valence-corrected chi connectivity index (χ1v) is 12.0. The zero-order valence-corrected chi connectivity index (χ0v) is 22.4. The van der Waals surface area contributed by atoms with Gasteiger partial charge in [-0.15, -0.1) is 24.0 Å². The van der Waals surface area contributed by atoms with E-state index in [1.807, 2.05) is 19.1 Å². The average molecular weight is 559 g/mol. The smallest absolute Gasteiger partial charge is 0.191 e. The third-order valence-electron chi connectivity index (χ3n) is 5.19. The van der Waals surface area contributed by atoms with Crippen LogP contribution in [0.3, 0.4) is 0 Å². The summed E-state index contributed by atoms with van der Waals surface area (Å²) >= 11 is 0. The molecule has 31 heavy (non-hydrogen) atoms. The molecule has 0 aromatic heterocycles. The third-order valence-corrected chi connectivity index (χ3v) is 6.45. The van der Waals surface area contributed by atoms with Gasteiger partial charge in [-0.25, -0.2) is 8.42 Å². The molecule has 0 unspecified atom stereocenters. The maximum absolute atomic E-state index is 11.8. The van der Waals surface area contributed by atoms with E-state index >= 15 is 0 Å². The van der Waals surface area contributed by atoms with Gasteiger partial charge in [0.15, 0.2) is 15.8 Å². The second-order valence-electron chi connectivity index (χ2n) is 7.93. The predicted octanol–water partition coefficient (Wildman–Crippen LogP) is 3.72. The summed E-state index contributed by atoms with van der Waals surface area (Å²) in [5, 5.41) is 6.67. The second kappa shape index (κ2) is 12.4. The molecule has 0 radical (unpaired) electrons. The van der Waals surface area contributed by atoms with Crippen LogP contribution in [-0.2, 0) is 29.5 Å². The molecule has 172 valence electrons. The Morgan fingerprint density at radius 2 is 1.68 bits per heavy atom. The summed E-state index contributed by atoms with van der Waals surface area (Å²) in [7, 11) is 0.669. The Morgan fingerprint density at radius 3 is 2.23 bits per heavy atom. The van der Waals surface area contributed by atoms with E-state index in [1.54, 1.807) is 13.1 Å².